The highest BCUT2D eigenvalue weighted by Gasteiger charge is 2.23. The van der Waals surface area contributed by atoms with E-state index in [1.165, 1.54) is 7.11 Å². The molecule has 1 heterocycles. The average molecular weight is 369 g/mol. The van der Waals surface area contributed by atoms with E-state index in [2.05, 4.69) is 25.9 Å². The Morgan fingerprint density at radius 1 is 1.05 bits per heavy atom. The summed E-state index contributed by atoms with van der Waals surface area (Å²) in [6.45, 7) is 5.38. The average Bonchev–Trinajstić information content (AvgIpc) is 2.43. The van der Waals surface area contributed by atoms with Crippen LogP contribution in [-0.4, -0.2) is 35.8 Å². The van der Waals surface area contributed by atoms with Crippen LogP contribution in [0.2, 0.25) is 0 Å². The molecular formula is C15H17BrN2O4. The number of rotatable bonds is 3. The normalized spacial score (nSPS) is 11.4. The predicted molar refractivity (Wildman–Crippen MR) is 85.5 cm³/mol. The molecular weight excluding hydrogens is 352 g/mol. The summed E-state index contributed by atoms with van der Waals surface area (Å²) in [5, 5.41) is 0. The smallest absolute Gasteiger partial charge is 0.360 e. The molecule has 2 aromatic rings. The summed E-state index contributed by atoms with van der Waals surface area (Å²) in [7, 11) is 3.08. The maximum absolute atomic E-state index is 12.2. The lowest BCUT2D eigenvalue weighted by Crippen LogP contribution is -2.25. The number of hydrogen-bond acceptors (Lipinski definition) is 6. The number of nitrogens with zero attached hydrogens (tertiary/aromatic N) is 2. The molecule has 1 aromatic heterocycles. The second-order valence-corrected chi connectivity index (χ2v) is 6.31. The lowest BCUT2D eigenvalue weighted by atomic mass is 10.2. The summed E-state index contributed by atoms with van der Waals surface area (Å²) in [6.07, 6.45) is 0. The van der Waals surface area contributed by atoms with E-state index in [9.17, 15) is 4.79 Å². The third kappa shape index (κ3) is 3.47. The molecule has 0 amide bonds. The first kappa shape index (κ1) is 16.5. The Morgan fingerprint density at radius 3 is 2.00 bits per heavy atom. The monoisotopic (exact) mass is 368 g/mol. The minimum atomic E-state index is -0.606. The molecule has 0 aliphatic heterocycles. The van der Waals surface area contributed by atoms with E-state index < -0.39 is 11.6 Å². The Balaban J connectivity index is 2.54. The van der Waals surface area contributed by atoms with Crippen LogP contribution in [0.4, 0.5) is 0 Å². The molecule has 22 heavy (non-hydrogen) atoms. The van der Waals surface area contributed by atoms with Crippen molar-refractivity contribution in [2.24, 2.45) is 0 Å². The van der Waals surface area contributed by atoms with Crippen LogP contribution in [0.3, 0.4) is 0 Å². The molecule has 0 fully saturated rings. The fourth-order valence-electron chi connectivity index (χ4n) is 1.82. The van der Waals surface area contributed by atoms with Crippen LogP contribution in [0.15, 0.2) is 16.7 Å². The van der Waals surface area contributed by atoms with Crippen molar-refractivity contribution < 1.29 is 19.0 Å². The van der Waals surface area contributed by atoms with Gasteiger partial charge in [-0.2, -0.15) is 0 Å². The Morgan fingerprint density at radius 2 is 1.55 bits per heavy atom. The third-order valence-electron chi connectivity index (χ3n) is 2.72. The van der Waals surface area contributed by atoms with E-state index in [1.807, 2.05) is 0 Å². The molecule has 7 heteroatoms. The van der Waals surface area contributed by atoms with Crippen LogP contribution in [0.25, 0.3) is 11.0 Å². The molecule has 0 N–H and O–H groups in total. The van der Waals surface area contributed by atoms with Crippen molar-refractivity contribution in [2.75, 3.05) is 14.2 Å². The molecule has 0 bridgehead atoms. The number of esters is 1. The van der Waals surface area contributed by atoms with Gasteiger partial charge in [-0.1, -0.05) is 0 Å². The molecule has 0 aliphatic carbocycles. The first-order valence-corrected chi connectivity index (χ1v) is 7.37. The van der Waals surface area contributed by atoms with Gasteiger partial charge in [-0.05, 0) is 36.7 Å². The van der Waals surface area contributed by atoms with Crippen LogP contribution in [0, 0.1) is 0 Å². The van der Waals surface area contributed by atoms with Gasteiger partial charge >= 0.3 is 5.97 Å². The van der Waals surface area contributed by atoms with Crippen molar-refractivity contribution in [3.63, 3.8) is 0 Å². The van der Waals surface area contributed by atoms with Gasteiger partial charge in [-0.25, -0.2) is 14.8 Å². The van der Waals surface area contributed by atoms with Gasteiger partial charge < -0.3 is 14.2 Å². The highest BCUT2D eigenvalue weighted by Crippen LogP contribution is 2.32. The second-order valence-electron chi connectivity index (χ2n) is 5.56. The van der Waals surface area contributed by atoms with Gasteiger partial charge in [0.1, 0.15) is 10.2 Å². The van der Waals surface area contributed by atoms with Crippen LogP contribution in [0.5, 0.6) is 11.5 Å². The van der Waals surface area contributed by atoms with Crippen molar-refractivity contribution in [3.8, 4) is 11.5 Å². The predicted octanol–water partition coefficient (Wildman–Crippen LogP) is 3.36. The minimum Gasteiger partial charge on any atom is -0.493 e. The van der Waals surface area contributed by atoms with Crippen molar-refractivity contribution in [3.05, 3.63) is 22.4 Å². The number of benzene rings is 1. The number of hydrogen-bond donors (Lipinski definition) is 0. The Labute approximate surface area is 136 Å². The molecule has 0 aliphatic rings. The molecule has 2 rings (SSSR count). The van der Waals surface area contributed by atoms with E-state index in [4.69, 9.17) is 14.2 Å². The number of halogens is 1. The maximum atomic E-state index is 12.2. The summed E-state index contributed by atoms with van der Waals surface area (Å²) in [5.74, 6) is 0.520. The first-order valence-electron chi connectivity index (χ1n) is 6.58. The zero-order valence-electron chi connectivity index (χ0n) is 13.1. The van der Waals surface area contributed by atoms with E-state index in [1.54, 1.807) is 40.0 Å². The molecule has 1 aromatic carbocycles. The topological polar surface area (TPSA) is 70.5 Å². The van der Waals surface area contributed by atoms with E-state index in [0.717, 1.165) is 0 Å². The molecule has 0 unspecified atom stereocenters. The van der Waals surface area contributed by atoms with Crippen molar-refractivity contribution >= 4 is 32.9 Å². The van der Waals surface area contributed by atoms with E-state index in [-0.39, 0.29) is 5.69 Å². The quantitative estimate of drug-likeness (QED) is 0.773. The van der Waals surface area contributed by atoms with Gasteiger partial charge in [0.25, 0.3) is 0 Å². The zero-order chi connectivity index (χ0) is 16.5. The lowest BCUT2D eigenvalue weighted by molar-refractivity contribution is 0.00616. The van der Waals surface area contributed by atoms with Crippen LogP contribution < -0.4 is 9.47 Å². The van der Waals surface area contributed by atoms with E-state index in [0.29, 0.717) is 27.1 Å². The van der Waals surface area contributed by atoms with Gasteiger partial charge in [0, 0.05) is 12.1 Å². The molecule has 0 radical (unpaired) electrons. The van der Waals surface area contributed by atoms with Gasteiger partial charge in [0.15, 0.2) is 17.2 Å². The summed E-state index contributed by atoms with van der Waals surface area (Å²) >= 11 is 3.26. The number of carbonyl (C=O) groups excluding carboxylic acids is 1. The molecule has 0 saturated carbocycles. The highest BCUT2D eigenvalue weighted by atomic mass is 79.9. The largest absolute Gasteiger partial charge is 0.493 e. The number of ether oxygens (including phenoxy) is 3. The lowest BCUT2D eigenvalue weighted by Gasteiger charge is -2.19. The Kier molecular flexibility index (Phi) is 4.55. The van der Waals surface area contributed by atoms with Crippen molar-refractivity contribution in [1.82, 2.24) is 9.97 Å². The van der Waals surface area contributed by atoms with Crippen molar-refractivity contribution in [1.29, 1.82) is 0 Å². The maximum Gasteiger partial charge on any atom is 0.360 e. The van der Waals surface area contributed by atoms with Gasteiger partial charge in [0.05, 0.1) is 25.3 Å². The number of fused-ring (bicyclic) bond motifs is 1. The van der Waals surface area contributed by atoms with Gasteiger partial charge in [0.2, 0.25) is 0 Å². The second kappa shape index (κ2) is 6.08. The molecule has 118 valence electrons. The molecule has 0 saturated heterocycles. The standard InChI is InChI=1S/C15H17BrN2O4/c1-15(2,3)22-14(19)12-13(16)18-9-7-11(21-5)10(20-4)6-8(9)17-12/h6-7H,1-5H3. The Hall–Kier alpha value is -1.89. The van der Waals surface area contributed by atoms with Crippen LogP contribution in [0.1, 0.15) is 31.3 Å². The fourth-order valence-corrected chi connectivity index (χ4v) is 2.26. The van der Waals surface area contributed by atoms with Gasteiger partial charge in [-0.15, -0.1) is 0 Å². The molecule has 0 spiro atoms. The van der Waals surface area contributed by atoms with Crippen LogP contribution >= 0.6 is 15.9 Å². The van der Waals surface area contributed by atoms with Crippen molar-refractivity contribution in [2.45, 2.75) is 26.4 Å². The summed E-state index contributed by atoms with van der Waals surface area (Å²) < 4.78 is 16.1. The molecule has 6 nitrogen and oxygen atoms in total. The fraction of sp³-hybridized carbons (Fsp3) is 0.400. The summed E-state index contributed by atoms with van der Waals surface area (Å²) in [6, 6.07) is 3.37. The first-order chi connectivity index (χ1) is 10.2. The highest BCUT2D eigenvalue weighted by molar-refractivity contribution is 9.10. The minimum absolute atomic E-state index is 0.120. The third-order valence-corrected chi connectivity index (χ3v) is 3.27. The number of methoxy groups -OCH3 is 2. The van der Waals surface area contributed by atoms with E-state index >= 15 is 0 Å². The zero-order valence-corrected chi connectivity index (χ0v) is 14.6. The molecule has 0 atom stereocenters. The number of aromatic nitrogens is 2. The summed E-state index contributed by atoms with van der Waals surface area (Å²) in [5.41, 5.74) is 0.610. The number of carbonyl (C=O) groups is 1. The summed E-state index contributed by atoms with van der Waals surface area (Å²) in [4.78, 5) is 20.8. The Bertz CT molecular complexity index is 726. The van der Waals surface area contributed by atoms with Gasteiger partial charge in [-0.3, -0.25) is 0 Å². The van der Waals surface area contributed by atoms with Crippen LogP contribution in [-0.2, 0) is 4.74 Å². The SMILES string of the molecule is COc1cc2nc(Br)c(C(=O)OC(C)(C)C)nc2cc1OC.